The molecule has 8 nitrogen and oxygen atoms in total. The Labute approximate surface area is 156 Å². The van der Waals surface area contributed by atoms with Crippen LogP contribution in [-0.4, -0.2) is 23.0 Å². The van der Waals surface area contributed by atoms with Crippen LogP contribution in [0.15, 0.2) is 24.3 Å². The largest absolute Gasteiger partial charge is 0.464 e. The van der Waals surface area contributed by atoms with Gasteiger partial charge in [-0.25, -0.2) is 9.65 Å². The summed E-state index contributed by atoms with van der Waals surface area (Å²) in [5, 5.41) is 13.3. The van der Waals surface area contributed by atoms with E-state index in [1.165, 1.54) is 24.3 Å². The highest BCUT2D eigenvalue weighted by atomic mass is 35.7. The molecule has 1 fully saturated rings. The number of benzene rings is 1. The fourth-order valence-corrected chi connectivity index (χ4v) is 4.82. The van der Waals surface area contributed by atoms with Crippen LogP contribution in [0.5, 0.6) is 5.75 Å². The number of nitro benzene ring substituents is 1. The Morgan fingerprint density at radius 1 is 1.35 bits per heavy atom. The van der Waals surface area contributed by atoms with Gasteiger partial charge in [-0.05, 0) is 31.4 Å². The molecule has 144 valence electrons. The predicted molar refractivity (Wildman–Crippen MR) is 97.4 cm³/mol. The van der Waals surface area contributed by atoms with Crippen molar-refractivity contribution >= 4 is 29.8 Å². The van der Waals surface area contributed by atoms with Gasteiger partial charge in [-0.1, -0.05) is 26.2 Å². The summed E-state index contributed by atoms with van der Waals surface area (Å²) in [6.07, 6.45) is 4.12. The Morgan fingerprint density at radius 2 is 1.96 bits per heavy atom. The molecule has 0 aliphatic heterocycles. The van der Waals surface area contributed by atoms with Gasteiger partial charge in [-0.2, -0.15) is 0 Å². The number of nitro groups is 1. The average molecular weight is 405 g/mol. The molecule has 1 saturated carbocycles. The molecule has 0 radical (unpaired) electrons. The number of carbonyl (C=O) groups excluding carboxylic acids is 1. The molecular formula is C16H22ClN2O6P. The van der Waals surface area contributed by atoms with E-state index >= 15 is 0 Å². The van der Waals surface area contributed by atoms with Gasteiger partial charge in [-0.3, -0.25) is 14.9 Å². The highest BCUT2D eigenvalue weighted by Crippen LogP contribution is 2.52. The molecule has 0 bridgehead atoms. The van der Waals surface area contributed by atoms with Gasteiger partial charge in [0.15, 0.2) is 0 Å². The van der Waals surface area contributed by atoms with E-state index in [-0.39, 0.29) is 11.4 Å². The molecule has 10 heteroatoms. The van der Waals surface area contributed by atoms with Crippen molar-refractivity contribution in [2.75, 3.05) is 6.61 Å². The first-order valence-corrected chi connectivity index (χ1v) is 11.0. The smallest absolute Gasteiger partial charge is 0.410 e. The van der Waals surface area contributed by atoms with Crippen molar-refractivity contribution in [3.05, 3.63) is 34.4 Å². The van der Waals surface area contributed by atoms with Gasteiger partial charge in [0.25, 0.3) is 5.69 Å². The summed E-state index contributed by atoms with van der Waals surface area (Å²) in [7, 11) is 0. The van der Waals surface area contributed by atoms with Gasteiger partial charge in [0.05, 0.1) is 11.5 Å². The van der Waals surface area contributed by atoms with E-state index in [2.05, 4.69) is 5.09 Å². The van der Waals surface area contributed by atoms with Gasteiger partial charge < -0.3 is 9.26 Å². The van der Waals surface area contributed by atoms with Crippen LogP contribution >= 0.6 is 18.1 Å². The lowest BCUT2D eigenvalue weighted by Gasteiger charge is -2.29. The first-order valence-electron chi connectivity index (χ1n) is 8.48. The number of hydrogen-bond donors (Lipinski definition) is 1. The topological polar surface area (TPSA) is 108 Å². The van der Waals surface area contributed by atoms with Crippen LogP contribution in [0.3, 0.4) is 0 Å². The van der Waals surface area contributed by atoms with Gasteiger partial charge in [0.2, 0.25) is 0 Å². The van der Waals surface area contributed by atoms with Crippen LogP contribution in [0.1, 0.15) is 45.4 Å². The van der Waals surface area contributed by atoms with Gasteiger partial charge in [0.1, 0.15) is 11.3 Å². The summed E-state index contributed by atoms with van der Waals surface area (Å²) >= 11 is 6.03. The van der Waals surface area contributed by atoms with Crippen LogP contribution in [-0.2, 0) is 14.1 Å². The van der Waals surface area contributed by atoms with Crippen LogP contribution in [0, 0.1) is 10.1 Å². The maximum atomic E-state index is 12.7. The Balaban J connectivity index is 2.07. The molecule has 0 heterocycles. The van der Waals surface area contributed by atoms with Crippen molar-refractivity contribution in [1.29, 1.82) is 0 Å². The zero-order chi connectivity index (χ0) is 19.2. The summed E-state index contributed by atoms with van der Waals surface area (Å²) < 4.78 is 23.3. The van der Waals surface area contributed by atoms with E-state index in [4.69, 9.17) is 20.5 Å². The van der Waals surface area contributed by atoms with E-state index in [0.717, 1.165) is 25.7 Å². The molecule has 2 rings (SSSR count). The summed E-state index contributed by atoms with van der Waals surface area (Å²) in [5.41, 5.74) is -1.26. The third-order valence-electron chi connectivity index (χ3n) is 4.20. The van der Waals surface area contributed by atoms with Crippen LogP contribution < -0.4 is 9.61 Å². The molecule has 0 amide bonds. The van der Waals surface area contributed by atoms with E-state index in [0.29, 0.717) is 19.4 Å². The highest BCUT2D eigenvalue weighted by molar-refractivity contribution is 7.84. The molecule has 0 saturated heterocycles. The molecular weight excluding hydrogens is 383 g/mol. The molecule has 1 atom stereocenters. The third-order valence-corrected chi connectivity index (χ3v) is 5.80. The molecule has 1 unspecified atom stereocenters. The van der Waals surface area contributed by atoms with Gasteiger partial charge in [0, 0.05) is 23.4 Å². The normalized spacial score (nSPS) is 18.1. The molecule has 1 aromatic rings. The molecule has 1 aromatic carbocycles. The second-order valence-corrected chi connectivity index (χ2v) is 8.91. The third kappa shape index (κ3) is 5.43. The molecule has 0 aromatic heterocycles. The number of carbonyl (C=O) groups is 1. The Bertz CT molecular complexity index is 690. The lowest BCUT2D eigenvalue weighted by molar-refractivity contribution is -0.384. The zero-order valence-electron chi connectivity index (χ0n) is 14.5. The number of rotatable bonds is 9. The minimum absolute atomic E-state index is 0.105. The first kappa shape index (κ1) is 20.7. The fraction of sp³-hybridized carbons (Fsp3) is 0.562. The highest BCUT2D eigenvalue weighted by Gasteiger charge is 2.47. The summed E-state index contributed by atoms with van der Waals surface area (Å²) in [6, 6.07) is 5.04. The molecule has 1 aliphatic carbocycles. The summed E-state index contributed by atoms with van der Waals surface area (Å²) in [4.78, 5) is 22.6. The number of nitrogens with zero attached hydrogens (tertiary/aromatic N) is 1. The van der Waals surface area contributed by atoms with E-state index in [9.17, 15) is 19.5 Å². The van der Waals surface area contributed by atoms with Crippen molar-refractivity contribution < 1.29 is 23.5 Å². The average Bonchev–Trinajstić information content (AvgIpc) is 3.04. The maximum absolute atomic E-state index is 12.7. The van der Waals surface area contributed by atoms with Crippen molar-refractivity contribution in [3.8, 4) is 5.75 Å². The molecule has 26 heavy (non-hydrogen) atoms. The minimum atomic E-state index is -3.91. The van der Waals surface area contributed by atoms with Crippen LogP contribution in [0.2, 0.25) is 0 Å². The second-order valence-electron chi connectivity index (χ2n) is 6.21. The van der Waals surface area contributed by atoms with E-state index in [1.807, 2.05) is 6.92 Å². The van der Waals surface area contributed by atoms with Crippen molar-refractivity contribution in [2.45, 2.75) is 51.0 Å². The lowest BCUT2D eigenvalue weighted by atomic mass is 10.00. The first-order chi connectivity index (χ1) is 12.3. The standard InChI is InChI=1S/C16H22ClN2O6P/c1-2-3-12-24-15(20)16(10-4-5-11-16)18-26(17,23)25-14-8-6-13(7-9-14)19(21)22/h6-9H,2-5,10-12H2,1H3,(H,18,23). The SMILES string of the molecule is CCCCOC(=O)C1(NP(=O)(Cl)Oc2ccc([N+](=O)[O-])cc2)CCCC1. The Hall–Kier alpha value is -1.63. The quantitative estimate of drug-likeness (QED) is 0.211. The fourth-order valence-electron chi connectivity index (χ4n) is 2.83. The Morgan fingerprint density at radius 3 is 2.50 bits per heavy atom. The molecule has 0 spiro atoms. The molecule has 1 aliphatic rings. The second kappa shape index (κ2) is 8.84. The lowest BCUT2D eigenvalue weighted by Crippen LogP contribution is -2.49. The van der Waals surface area contributed by atoms with Gasteiger partial charge >= 0.3 is 12.8 Å². The monoisotopic (exact) mass is 404 g/mol. The molecule has 1 N–H and O–H groups in total. The summed E-state index contributed by atoms with van der Waals surface area (Å²) in [6.45, 7) is -1.62. The number of esters is 1. The number of non-ortho nitro benzene ring substituents is 1. The number of hydrogen-bond acceptors (Lipinski definition) is 6. The van der Waals surface area contributed by atoms with E-state index < -0.39 is 23.3 Å². The maximum Gasteiger partial charge on any atom is 0.410 e. The van der Waals surface area contributed by atoms with Crippen molar-refractivity contribution in [2.24, 2.45) is 0 Å². The number of nitrogens with one attached hydrogen (secondary N) is 1. The van der Waals surface area contributed by atoms with Gasteiger partial charge in [-0.15, -0.1) is 0 Å². The Kier molecular flexibility index (Phi) is 7.03. The number of halogens is 1. The minimum Gasteiger partial charge on any atom is -0.464 e. The number of unbranched alkanes of at least 4 members (excludes halogenated alkanes) is 1. The van der Waals surface area contributed by atoms with E-state index in [1.54, 1.807) is 0 Å². The summed E-state index contributed by atoms with van der Waals surface area (Å²) in [5.74, 6) is -0.370. The van der Waals surface area contributed by atoms with Crippen LogP contribution in [0.4, 0.5) is 5.69 Å². The van der Waals surface area contributed by atoms with Crippen molar-refractivity contribution in [1.82, 2.24) is 5.09 Å². The zero-order valence-corrected chi connectivity index (χ0v) is 16.1. The number of ether oxygens (including phenoxy) is 1. The van der Waals surface area contributed by atoms with Crippen LogP contribution in [0.25, 0.3) is 0 Å². The van der Waals surface area contributed by atoms with Crippen molar-refractivity contribution in [3.63, 3.8) is 0 Å². The predicted octanol–water partition coefficient (Wildman–Crippen LogP) is 4.57.